The van der Waals surface area contributed by atoms with Crippen LogP contribution < -0.4 is 11.1 Å². The molecule has 0 bridgehead atoms. The molecule has 0 aliphatic heterocycles. The fourth-order valence-corrected chi connectivity index (χ4v) is 3.57. The standard InChI is InChI=1S/C27H31F3N6O2/c1-26(2,37)17-33-15-22(13-31)20-5-7-24(35-16-20)34-9-8-19-10-18(4-6-23(19)28)14-36-25(38-32-3)21-11-27(29,30)12-21/h4-10,13,15-16,21,37H,3,11-12,14,17,31H2,1-2H3,(H,34,35)/b9-8+,22-13?,33-15?,36-25?. The average molecular weight is 529 g/mol. The first kappa shape index (κ1) is 28.6. The van der Waals surface area contributed by atoms with Crippen LogP contribution in [0.15, 0.2) is 64.1 Å². The zero-order valence-corrected chi connectivity index (χ0v) is 21.2. The van der Waals surface area contributed by atoms with E-state index in [-0.39, 0.29) is 31.8 Å². The van der Waals surface area contributed by atoms with Crippen molar-refractivity contribution in [3.05, 3.63) is 71.4 Å². The molecule has 1 aliphatic rings. The minimum Gasteiger partial charge on any atom is -0.404 e. The van der Waals surface area contributed by atoms with Crippen LogP contribution >= 0.6 is 0 Å². The van der Waals surface area contributed by atoms with Gasteiger partial charge in [0.2, 0.25) is 11.8 Å². The lowest BCUT2D eigenvalue weighted by molar-refractivity contribution is -0.0956. The van der Waals surface area contributed by atoms with E-state index in [1.54, 1.807) is 62.8 Å². The first-order valence-electron chi connectivity index (χ1n) is 11.9. The Kier molecular flexibility index (Phi) is 9.40. The largest absolute Gasteiger partial charge is 0.404 e. The van der Waals surface area contributed by atoms with Gasteiger partial charge in [0.1, 0.15) is 11.6 Å². The van der Waals surface area contributed by atoms with Crippen molar-refractivity contribution < 1.29 is 23.1 Å². The molecule has 0 unspecified atom stereocenters. The second-order valence-electron chi connectivity index (χ2n) is 9.51. The number of anilines is 1. The molecule has 0 atom stereocenters. The van der Waals surface area contributed by atoms with Gasteiger partial charge < -0.3 is 21.0 Å². The van der Waals surface area contributed by atoms with Crippen molar-refractivity contribution in [2.24, 2.45) is 26.8 Å². The summed E-state index contributed by atoms with van der Waals surface area (Å²) in [5.74, 6) is -3.06. The second-order valence-corrected chi connectivity index (χ2v) is 9.51. The summed E-state index contributed by atoms with van der Waals surface area (Å²) in [5, 5.41) is 16.1. The van der Waals surface area contributed by atoms with E-state index in [1.807, 2.05) is 0 Å². The van der Waals surface area contributed by atoms with Crippen molar-refractivity contribution in [3.63, 3.8) is 0 Å². The quantitative estimate of drug-likeness (QED) is 0.215. The van der Waals surface area contributed by atoms with Gasteiger partial charge in [-0.2, -0.15) is 0 Å². The van der Waals surface area contributed by atoms with E-state index in [1.165, 1.54) is 12.3 Å². The number of nitrogens with two attached hydrogens (primary N) is 1. The van der Waals surface area contributed by atoms with Crippen molar-refractivity contribution >= 4 is 36.3 Å². The summed E-state index contributed by atoms with van der Waals surface area (Å²) in [6.07, 6.45) is 6.98. The van der Waals surface area contributed by atoms with Crippen molar-refractivity contribution in [1.29, 1.82) is 0 Å². The lowest BCUT2D eigenvalue weighted by Gasteiger charge is -2.33. The maximum Gasteiger partial charge on any atom is 0.249 e. The second kappa shape index (κ2) is 12.5. The van der Waals surface area contributed by atoms with Crippen LogP contribution in [0.3, 0.4) is 0 Å². The summed E-state index contributed by atoms with van der Waals surface area (Å²) in [4.78, 5) is 17.8. The van der Waals surface area contributed by atoms with Gasteiger partial charge in [-0.25, -0.2) is 23.1 Å². The van der Waals surface area contributed by atoms with E-state index in [0.717, 1.165) is 5.56 Å². The molecule has 4 N–H and O–H groups in total. The maximum absolute atomic E-state index is 14.3. The highest BCUT2D eigenvalue weighted by Crippen LogP contribution is 2.43. The molecule has 0 spiro atoms. The molecule has 2 aromatic rings. The van der Waals surface area contributed by atoms with Crippen LogP contribution in [0.1, 0.15) is 43.4 Å². The number of halogens is 3. The number of aliphatic imine (C=N–C) groups is 2. The number of nitrogens with zero attached hydrogens (tertiary/aromatic N) is 4. The van der Waals surface area contributed by atoms with E-state index in [9.17, 15) is 18.3 Å². The first-order chi connectivity index (χ1) is 18.0. The number of benzene rings is 1. The molecular weight excluding hydrogens is 497 g/mol. The van der Waals surface area contributed by atoms with E-state index in [4.69, 9.17) is 10.6 Å². The number of aromatic nitrogens is 1. The molecule has 1 saturated carbocycles. The Bertz CT molecular complexity index is 1230. The predicted molar refractivity (Wildman–Crippen MR) is 145 cm³/mol. The fourth-order valence-electron chi connectivity index (χ4n) is 3.57. The topological polar surface area (TPSA) is 117 Å². The third-order valence-electron chi connectivity index (χ3n) is 5.55. The molecule has 0 saturated heterocycles. The Morgan fingerprint density at radius 1 is 1.32 bits per heavy atom. The summed E-state index contributed by atoms with van der Waals surface area (Å²) in [5.41, 5.74) is 7.13. The van der Waals surface area contributed by atoms with Gasteiger partial charge in [0.15, 0.2) is 0 Å². The van der Waals surface area contributed by atoms with Crippen molar-refractivity contribution in [1.82, 2.24) is 4.98 Å². The normalized spacial score (nSPS) is 16.6. The van der Waals surface area contributed by atoms with E-state index >= 15 is 0 Å². The third kappa shape index (κ3) is 8.55. The van der Waals surface area contributed by atoms with Crippen LogP contribution in [0.25, 0.3) is 11.6 Å². The highest BCUT2D eigenvalue weighted by Gasteiger charge is 2.48. The molecule has 0 radical (unpaired) electrons. The monoisotopic (exact) mass is 528 g/mol. The molecule has 1 heterocycles. The number of hydrogen-bond acceptors (Lipinski definition) is 8. The molecule has 202 valence electrons. The number of allylic oxidation sites excluding steroid dienone is 1. The Morgan fingerprint density at radius 3 is 2.68 bits per heavy atom. The summed E-state index contributed by atoms with van der Waals surface area (Å²) in [7, 11) is 0. The van der Waals surface area contributed by atoms with Crippen LogP contribution in [0, 0.1) is 11.7 Å². The molecular formula is C27H31F3N6O2. The lowest BCUT2D eigenvalue weighted by Crippen LogP contribution is -2.40. The highest BCUT2D eigenvalue weighted by atomic mass is 19.3. The predicted octanol–water partition coefficient (Wildman–Crippen LogP) is 5.02. The van der Waals surface area contributed by atoms with E-state index in [2.05, 4.69) is 32.2 Å². The third-order valence-corrected chi connectivity index (χ3v) is 5.55. The molecule has 1 aromatic carbocycles. The fraction of sp³-hybridized carbons (Fsp3) is 0.333. The number of hydrogen-bond donors (Lipinski definition) is 3. The smallest absolute Gasteiger partial charge is 0.249 e. The van der Waals surface area contributed by atoms with Crippen LogP contribution in [0.2, 0.25) is 0 Å². The van der Waals surface area contributed by atoms with Crippen LogP contribution in [0.5, 0.6) is 0 Å². The van der Waals surface area contributed by atoms with Gasteiger partial charge in [-0.15, -0.1) is 0 Å². The van der Waals surface area contributed by atoms with Gasteiger partial charge in [-0.05, 0) is 49.8 Å². The summed E-state index contributed by atoms with van der Waals surface area (Å²) < 4.78 is 40.8. The molecule has 3 rings (SSSR count). The van der Waals surface area contributed by atoms with Crippen LogP contribution in [-0.2, 0) is 11.4 Å². The molecule has 11 heteroatoms. The number of oxime groups is 1. The number of alkyl halides is 2. The number of rotatable bonds is 11. The van der Waals surface area contributed by atoms with Gasteiger partial charge in [0, 0.05) is 67.0 Å². The summed E-state index contributed by atoms with van der Waals surface area (Å²) in [6.45, 7) is 6.89. The van der Waals surface area contributed by atoms with Gasteiger partial charge in [0.25, 0.3) is 0 Å². The number of pyridine rings is 1. The lowest BCUT2D eigenvalue weighted by atomic mass is 9.81. The maximum atomic E-state index is 14.3. The van der Waals surface area contributed by atoms with Crippen molar-refractivity contribution in [2.45, 2.75) is 44.8 Å². The number of nitrogens with one attached hydrogen (secondary N) is 1. The zero-order valence-electron chi connectivity index (χ0n) is 21.2. The minimum absolute atomic E-state index is 0.0969. The molecule has 38 heavy (non-hydrogen) atoms. The SMILES string of the molecule is C=NOC(=NCc1ccc(F)c(/C=C/Nc2ccc(C(C=NCC(C)(C)O)=CN)cn2)c1)C1CC(F)(F)C1. The molecule has 1 aliphatic carbocycles. The van der Waals surface area contributed by atoms with Gasteiger partial charge in [0.05, 0.1) is 18.7 Å². The van der Waals surface area contributed by atoms with E-state index < -0.39 is 23.3 Å². The van der Waals surface area contributed by atoms with E-state index in [0.29, 0.717) is 22.5 Å². The van der Waals surface area contributed by atoms with Crippen molar-refractivity contribution in [2.75, 3.05) is 11.9 Å². The molecule has 0 amide bonds. The van der Waals surface area contributed by atoms with Crippen molar-refractivity contribution in [3.8, 4) is 0 Å². The Morgan fingerprint density at radius 2 is 2.08 bits per heavy atom. The van der Waals surface area contributed by atoms with Gasteiger partial charge in [-0.3, -0.25) is 4.99 Å². The zero-order chi connectivity index (χ0) is 27.8. The molecule has 8 nitrogen and oxygen atoms in total. The Balaban J connectivity index is 1.62. The average Bonchev–Trinajstić information content (AvgIpc) is 2.84. The number of aliphatic hydroxyl groups is 1. The summed E-state index contributed by atoms with van der Waals surface area (Å²) in [6, 6.07) is 8.00. The van der Waals surface area contributed by atoms with Gasteiger partial charge >= 0.3 is 0 Å². The summed E-state index contributed by atoms with van der Waals surface area (Å²) >= 11 is 0. The first-order valence-corrected chi connectivity index (χ1v) is 11.9. The van der Waals surface area contributed by atoms with Crippen LogP contribution in [0.4, 0.5) is 19.0 Å². The minimum atomic E-state index is -2.72. The van der Waals surface area contributed by atoms with Gasteiger partial charge in [-0.1, -0.05) is 11.2 Å². The Hall–Kier alpha value is -3.99. The molecule has 1 fully saturated rings. The molecule has 1 aromatic heterocycles. The van der Waals surface area contributed by atoms with Crippen LogP contribution in [-0.4, -0.2) is 47.0 Å². The highest BCUT2D eigenvalue weighted by molar-refractivity contribution is 6.09. The Labute approximate surface area is 219 Å².